The van der Waals surface area contributed by atoms with E-state index in [9.17, 15) is 0 Å². The van der Waals surface area contributed by atoms with Crippen LogP contribution in [0.1, 0.15) is 50.8 Å². The van der Waals surface area contributed by atoms with Gasteiger partial charge in [-0.2, -0.15) is 0 Å². The van der Waals surface area contributed by atoms with Gasteiger partial charge in [-0.3, -0.25) is 9.80 Å². The standard InChI is InChI=1S/C19H32N2O/c1-5-10-21-11-9-16-12-18(15-20(6-2)7-3)19(22-8-4)13-17(16)14-21/h12-13H,5-11,14-15H2,1-4H3. The molecule has 124 valence electrons. The van der Waals surface area contributed by atoms with Crippen molar-refractivity contribution >= 4 is 0 Å². The van der Waals surface area contributed by atoms with Gasteiger partial charge in [0.1, 0.15) is 5.75 Å². The summed E-state index contributed by atoms with van der Waals surface area (Å²) in [6.07, 6.45) is 2.40. The van der Waals surface area contributed by atoms with Crippen molar-refractivity contribution < 1.29 is 4.74 Å². The van der Waals surface area contributed by atoms with E-state index < -0.39 is 0 Å². The molecule has 0 aromatic heterocycles. The summed E-state index contributed by atoms with van der Waals surface area (Å²) in [7, 11) is 0. The minimum atomic E-state index is 0.739. The molecule has 0 saturated carbocycles. The van der Waals surface area contributed by atoms with Gasteiger partial charge in [-0.25, -0.2) is 0 Å². The molecule has 0 N–H and O–H groups in total. The van der Waals surface area contributed by atoms with Crippen LogP contribution in [0.3, 0.4) is 0 Å². The van der Waals surface area contributed by atoms with Crippen molar-refractivity contribution in [1.82, 2.24) is 9.80 Å². The molecule has 3 nitrogen and oxygen atoms in total. The Morgan fingerprint density at radius 3 is 2.50 bits per heavy atom. The smallest absolute Gasteiger partial charge is 0.124 e. The quantitative estimate of drug-likeness (QED) is 0.728. The first kappa shape index (κ1) is 17.3. The molecule has 1 aliphatic rings. The van der Waals surface area contributed by atoms with Crippen LogP contribution in [0.2, 0.25) is 0 Å². The van der Waals surface area contributed by atoms with Gasteiger partial charge in [0.25, 0.3) is 0 Å². The molecule has 0 radical (unpaired) electrons. The van der Waals surface area contributed by atoms with Crippen LogP contribution in [0.4, 0.5) is 0 Å². The van der Waals surface area contributed by atoms with Crippen molar-refractivity contribution in [1.29, 1.82) is 0 Å². The van der Waals surface area contributed by atoms with E-state index in [-0.39, 0.29) is 0 Å². The largest absolute Gasteiger partial charge is 0.494 e. The molecule has 0 fully saturated rings. The molecule has 0 aliphatic carbocycles. The Morgan fingerprint density at radius 2 is 1.86 bits per heavy atom. The second-order valence-electron chi connectivity index (χ2n) is 6.15. The first-order chi connectivity index (χ1) is 10.7. The summed E-state index contributed by atoms with van der Waals surface area (Å²) < 4.78 is 5.94. The Morgan fingerprint density at radius 1 is 1.09 bits per heavy atom. The zero-order chi connectivity index (χ0) is 15.9. The SMILES string of the molecule is CCCN1CCc2cc(CN(CC)CC)c(OCC)cc2C1. The maximum absolute atomic E-state index is 5.94. The fourth-order valence-corrected chi connectivity index (χ4v) is 3.30. The third-order valence-corrected chi connectivity index (χ3v) is 4.60. The molecular formula is C19H32N2O. The monoisotopic (exact) mass is 304 g/mol. The van der Waals surface area contributed by atoms with Crippen molar-refractivity contribution in [2.24, 2.45) is 0 Å². The molecule has 0 spiro atoms. The lowest BCUT2D eigenvalue weighted by molar-refractivity contribution is 0.252. The highest BCUT2D eigenvalue weighted by atomic mass is 16.5. The highest BCUT2D eigenvalue weighted by Gasteiger charge is 2.19. The Bertz CT molecular complexity index is 469. The van der Waals surface area contributed by atoms with E-state index in [0.717, 1.165) is 38.5 Å². The summed E-state index contributed by atoms with van der Waals surface area (Å²) in [6.45, 7) is 16.2. The number of ether oxygens (including phenoxy) is 1. The van der Waals surface area contributed by atoms with E-state index >= 15 is 0 Å². The predicted molar refractivity (Wildman–Crippen MR) is 93.5 cm³/mol. The van der Waals surface area contributed by atoms with Gasteiger partial charge in [-0.15, -0.1) is 0 Å². The summed E-state index contributed by atoms with van der Waals surface area (Å²) in [5.74, 6) is 1.09. The Kier molecular flexibility index (Phi) is 6.71. The average molecular weight is 304 g/mol. The molecule has 1 aromatic carbocycles. The second-order valence-corrected chi connectivity index (χ2v) is 6.15. The summed E-state index contributed by atoms with van der Waals surface area (Å²) >= 11 is 0. The number of hydrogen-bond donors (Lipinski definition) is 0. The maximum Gasteiger partial charge on any atom is 0.124 e. The normalized spacial score (nSPS) is 15.1. The van der Waals surface area contributed by atoms with Gasteiger partial charge in [0.05, 0.1) is 6.61 Å². The number of hydrogen-bond acceptors (Lipinski definition) is 3. The molecular weight excluding hydrogens is 272 g/mol. The van der Waals surface area contributed by atoms with E-state index in [1.54, 1.807) is 0 Å². The lowest BCUT2D eigenvalue weighted by Gasteiger charge is -2.30. The number of fused-ring (bicyclic) bond motifs is 1. The molecule has 0 saturated heterocycles. The van der Waals surface area contributed by atoms with Crippen LogP contribution < -0.4 is 4.74 Å². The van der Waals surface area contributed by atoms with E-state index in [2.05, 4.69) is 49.6 Å². The van der Waals surface area contributed by atoms with Crippen LogP contribution in [0.15, 0.2) is 12.1 Å². The average Bonchev–Trinajstić information content (AvgIpc) is 2.53. The minimum Gasteiger partial charge on any atom is -0.494 e. The molecule has 1 heterocycles. The van der Waals surface area contributed by atoms with Gasteiger partial charge in [0.2, 0.25) is 0 Å². The summed E-state index contributed by atoms with van der Waals surface area (Å²) in [4.78, 5) is 5.01. The Hall–Kier alpha value is -1.06. The lowest BCUT2D eigenvalue weighted by Crippen LogP contribution is -2.31. The first-order valence-electron chi connectivity index (χ1n) is 8.93. The van der Waals surface area contributed by atoms with Crippen LogP contribution >= 0.6 is 0 Å². The highest BCUT2D eigenvalue weighted by molar-refractivity contribution is 5.44. The van der Waals surface area contributed by atoms with Crippen LogP contribution in [0.25, 0.3) is 0 Å². The second kappa shape index (κ2) is 8.54. The molecule has 0 unspecified atom stereocenters. The molecule has 0 amide bonds. The third-order valence-electron chi connectivity index (χ3n) is 4.60. The van der Waals surface area contributed by atoms with Crippen molar-refractivity contribution in [2.45, 2.75) is 53.6 Å². The van der Waals surface area contributed by atoms with Crippen LogP contribution in [-0.4, -0.2) is 42.6 Å². The molecule has 1 aliphatic heterocycles. The van der Waals surface area contributed by atoms with Crippen molar-refractivity contribution in [3.63, 3.8) is 0 Å². The topological polar surface area (TPSA) is 15.7 Å². The van der Waals surface area contributed by atoms with Crippen molar-refractivity contribution in [3.8, 4) is 5.75 Å². The van der Waals surface area contributed by atoms with E-state index in [1.165, 1.54) is 42.6 Å². The Labute approximate surface area is 136 Å². The van der Waals surface area contributed by atoms with Gasteiger partial charge in [0, 0.05) is 25.2 Å². The third kappa shape index (κ3) is 4.23. The number of benzene rings is 1. The molecule has 22 heavy (non-hydrogen) atoms. The van der Waals surface area contributed by atoms with E-state index in [1.807, 2.05) is 0 Å². The van der Waals surface area contributed by atoms with Crippen LogP contribution in [0, 0.1) is 0 Å². The highest BCUT2D eigenvalue weighted by Crippen LogP contribution is 2.29. The van der Waals surface area contributed by atoms with Gasteiger partial charge < -0.3 is 4.74 Å². The van der Waals surface area contributed by atoms with Gasteiger partial charge in [-0.05, 0) is 56.6 Å². The number of rotatable bonds is 8. The first-order valence-corrected chi connectivity index (χ1v) is 8.93. The summed E-state index contributed by atoms with van der Waals surface area (Å²) in [5.41, 5.74) is 4.35. The van der Waals surface area contributed by atoms with Crippen molar-refractivity contribution in [3.05, 3.63) is 28.8 Å². The molecule has 0 atom stereocenters. The van der Waals surface area contributed by atoms with E-state index in [0.29, 0.717) is 0 Å². The van der Waals surface area contributed by atoms with Crippen LogP contribution in [-0.2, 0) is 19.5 Å². The molecule has 3 heteroatoms. The zero-order valence-corrected chi connectivity index (χ0v) is 14.8. The van der Waals surface area contributed by atoms with Gasteiger partial charge in [-0.1, -0.05) is 26.8 Å². The zero-order valence-electron chi connectivity index (χ0n) is 14.8. The fourth-order valence-electron chi connectivity index (χ4n) is 3.30. The summed E-state index contributed by atoms with van der Waals surface area (Å²) in [6, 6.07) is 4.71. The van der Waals surface area contributed by atoms with Crippen molar-refractivity contribution in [2.75, 3.05) is 32.8 Å². The Balaban J connectivity index is 2.24. The lowest BCUT2D eigenvalue weighted by atomic mass is 9.96. The fraction of sp³-hybridized carbons (Fsp3) is 0.684. The van der Waals surface area contributed by atoms with E-state index in [4.69, 9.17) is 4.74 Å². The summed E-state index contributed by atoms with van der Waals surface area (Å²) in [5, 5.41) is 0. The minimum absolute atomic E-state index is 0.739. The number of nitrogens with zero attached hydrogens (tertiary/aromatic N) is 2. The van der Waals surface area contributed by atoms with Gasteiger partial charge in [0.15, 0.2) is 0 Å². The maximum atomic E-state index is 5.94. The molecule has 0 bridgehead atoms. The van der Waals surface area contributed by atoms with Crippen LogP contribution in [0.5, 0.6) is 5.75 Å². The predicted octanol–water partition coefficient (Wildman–Crippen LogP) is 3.70. The van der Waals surface area contributed by atoms with Gasteiger partial charge >= 0.3 is 0 Å². The molecule has 2 rings (SSSR count). The molecule has 1 aromatic rings.